The third-order valence-corrected chi connectivity index (χ3v) is 10.5. The Bertz CT molecular complexity index is 800. The van der Waals surface area contributed by atoms with Crippen LogP contribution in [-0.2, 0) is 42.1 Å². The van der Waals surface area contributed by atoms with Crippen LogP contribution in [0.3, 0.4) is 0 Å². The monoisotopic (exact) mass is 486 g/mol. The van der Waals surface area contributed by atoms with Gasteiger partial charge in [-0.1, -0.05) is 0 Å². The van der Waals surface area contributed by atoms with E-state index < -0.39 is 57.3 Å². The molecule has 182 valence electrons. The first-order chi connectivity index (χ1) is 14.0. The van der Waals surface area contributed by atoms with Crippen molar-refractivity contribution in [1.82, 2.24) is 0 Å². The van der Waals surface area contributed by atoms with Crippen molar-refractivity contribution in [3.8, 4) is 0 Å². The van der Waals surface area contributed by atoms with Crippen molar-refractivity contribution in [3.63, 3.8) is 0 Å². The van der Waals surface area contributed by atoms with Gasteiger partial charge in [-0.05, 0) is 0 Å². The summed E-state index contributed by atoms with van der Waals surface area (Å²) in [4.78, 5) is 39.6. The molecule has 0 N–H and O–H groups in total. The van der Waals surface area contributed by atoms with Crippen LogP contribution in [-0.4, -0.2) is 17.9 Å². The Kier molecular flexibility index (Phi) is 7.83. The summed E-state index contributed by atoms with van der Waals surface area (Å²) in [5.41, 5.74) is -0.328. The van der Waals surface area contributed by atoms with Crippen LogP contribution in [0.5, 0.6) is 0 Å². The number of hydrogen-bond donors (Lipinski definition) is 0. The minimum atomic E-state index is -5.09. The molecule has 7 heteroatoms. The molecule has 0 aromatic carbocycles. The van der Waals surface area contributed by atoms with E-state index in [0.717, 1.165) is 16.7 Å². The summed E-state index contributed by atoms with van der Waals surface area (Å²) in [5, 5.41) is 0. The Morgan fingerprint density at radius 3 is 1.09 bits per heavy atom. The molecule has 1 rings (SSSR count). The Morgan fingerprint density at radius 2 is 0.906 bits per heavy atom. The molecule has 1 aliphatic rings. The summed E-state index contributed by atoms with van der Waals surface area (Å²) >= 11 is -5.09. The zero-order chi connectivity index (χ0) is 25.7. The van der Waals surface area contributed by atoms with E-state index in [0.29, 0.717) is 3.88 Å². The minimum absolute atomic E-state index is 0.570. The Balaban J connectivity index is 3.94. The van der Waals surface area contributed by atoms with E-state index in [1.54, 1.807) is 62.3 Å². The second-order valence-corrected chi connectivity index (χ2v) is 15.8. The van der Waals surface area contributed by atoms with Gasteiger partial charge in [0.25, 0.3) is 0 Å². The third kappa shape index (κ3) is 5.74. The Morgan fingerprint density at radius 1 is 0.625 bits per heavy atom. The second kappa shape index (κ2) is 8.75. The van der Waals surface area contributed by atoms with E-state index in [-0.39, 0.29) is 0 Å². The van der Waals surface area contributed by atoms with Crippen LogP contribution in [0.4, 0.5) is 0 Å². The van der Waals surface area contributed by atoms with Gasteiger partial charge in [-0.15, -0.1) is 0 Å². The molecule has 0 radical (unpaired) electrons. The summed E-state index contributed by atoms with van der Waals surface area (Å²) in [6.45, 7) is 25.3. The first kappa shape index (κ1) is 28.6. The molecular weight excluding hydrogens is 444 g/mol. The zero-order valence-corrected chi connectivity index (χ0v) is 24.0. The van der Waals surface area contributed by atoms with Crippen molar-refractivity contribution in [3.05, 3.63) is 20.6 Å². The molecule has 0 fully saturated rings. The maximum atomic E-state index is 13.2. The molecule has 1 aliphatic carbocycles. The maximum absolute atomic E-state index is 13.2. The average Bonchev–Trinajstić information content (AvgIpc) is 2.71. The fourth-order valence-corrected chi connectivity index (χ4v) is 9.00. The molecule has 0 aromatic rings. The molecule has 0 atom stereocenters. The van der Waals surface area contributed by atoms with Gasteiger partial charge in [0, 0.05) is 0 Å². The molecule has 0 unspecified atom stereocenters. The molecule has 0 heterocycles. The molecule has 0 aliphatic heterocycles. The normalized spacial score (nSPS) is 17.4. The van der Waals surface area contributed by atoms with Crippen molar-refractivity contribution in [2.24, 2.45) is 21.7 Å². The Labute approximate surface area is 198 Å². The number of rotatable bonds is 4. The van der Waals surface area contributed by atoms with Gasteiger partial charge in [-0.25, -0.2) is 0 Å². The molecule has 0 bridgehead atoms. The molecular formula is C25H42O6Ti. The molecule has 0 aromatic heterocycles. The molecule has 0 amide bonds. The number of carbonyl (C=O) groups excluding carboxylic acids is 3. The van der Waals surface area contributed by atoms with Crippen LogP contribution < -0.4 is 0 Å². The van der Waals surface area contributed by atoms with Crippen LogP contribution in [0.2, 0.25) is 0 Å². The predicted octanol–water partition coefficient (Wildman–Crippen LogP) is 6.30. The van der Waals surface area contributed by atoms with Crippen molar-refractivity contribution in [2.75, 3.05) is 0 Å². The van der Waals surface area contributed by atoms with Crippen molar-refractivity contribution >= 4 is 17.9 Å². The van der Waals surface area contributed by atoms with Crippen LogP contribution in [0.1, 0.15) is 96.9 Å². The Hall–Kier alpha value is -1.40. The van der Waals surface area contributed by atoms with E-state index in [9.17, 15) is 14.4 Å². The predicted molar refractivity (Wildman–Crippen MR) is 121 cm³/mol. The molecule has 0 spiro atoms. The van der Waals surface area contributed by atoms with E-state index >= 15 is 0 Å². The van der Waals surface area contributed by atoms with Gasteiger partial charge in [0.05, 0.1) is 0 Å². The topological polar surface area (TPSA) is 78.9 Å². The van der Waals surface area contributed by atoms with Crippen molar-refractivity contribution in [2.45, 2.75) is 96.9 Å². The second-order valence-electron chi connectivity index (χ2n) is 12.3. The van der Waals surface area contributed by atoms with Crippen molar-refractivity contribution in [1.29, 1.82) is 0 Å². The summed E-state index contributed by atoms with van der Waals surface area (Å²) in [7, 11) is 0. The van der Waals surface area contributed by atoms with E-state index in [4.69, 9.17) is 9.96 Å². The van der Waals surface area contributed by atoms with Gasteiger partial charge in [0.15, 0.2) is 0 Å². The first-order valence-corrected chi connectivity index (χ1v) is 13.8. The van der Waals surface area contributed by atoms with E-state index in [1.807, 2.05) is 34.6 Å². The van der Waals surface area contributed by atoms with Gasteiger partial charge in [-0.3, -0.25) is 0 Å². The quantitative estimate of drug-likeness (QED) is 0.434. The molecule has 6 nitrogen and oxygen atoms in total. The average molecular weight is 486 g/mol. The van der Waals surface area contributed by atoms with Crippen molar-refractivity contribution < 1.29 is 42.1 Å². The van der Waals surface area contributed by atoms with Gasteiger partial charge < -0.3 is 0 Å². The first-order valence-electron chi connectivity index (χ1n) is 11.1. The summed E-state index contributed by atoms with van der Waals surface area (Å²) in [6.07, 6.45) is 0. The van der Waals surface area contributed by atoms with E-state index in [1.165, 1.54) is 0 Å². The summed E-state index contributed by atoms with van der Waals surface area (Å²) < 4.78 is 18.9. The van der Waals surface area contributed by atoms with Gasteiger partial charge in [0.2, 0.25) is 0 Å². The van der Waals surface area contributed by atoms with Gasteiger partial charge >= 0.3 is 199 Å². The van der Waals surface area contributed by atoms with Crippen LogP contribution in [0.15, 0.2) is 20.6 Å². The van der Waals surface area contributed by atoms with Gasteiger partial charge in [0.1, 0.15) is 0 Å². The third-order valence-electron chi connectivity index (χ3n) is 5.89. The van der Waals surface area contributed by atoms with Crippen LogP contribution in [0, 0.1) is 21.7 Å². The van der Waals surface area contributed by atoms with Crippen LogP contribution in [0.25, 0.3) is 0 Å². The molecule has 0 saturated heterocycles. The van der Waals surface area contributed by atoms with Crippen LogP contribution >= 0.6 is 0 Å². The SMILES string of the molecule is CC1=C(C)C(C)(C)[C]([Ti]([O]C(=O)C(C)(C)C)([O]C(=O)C(C)(C)C)[O]C(=O)C(C)(C)C)=C1C. The van der Waals surface area contributed by atoms with E-state index in [2.05, 4.69) is 0 Å². The van der Waals surface area contributed by atoms with Gasteiger partial charge in [-0.2, -0.15) is 0 Å². The summed E-state index contributed by atoms with van der Waals surface area (Å²) in [6, 6.07) is 0. The standard InChI is InChI=1S/C10H15.3C5H10O2.Ti/c1-7-6-10(4,5)9(3)8(7)2;3*1-5(2,3)4(6)7;/h1-5H3;3*1-3H3,(H,6,7);/q;;;;+3/p-3. The number of allylic oxidation sites excluding steroid dienone is 4. The number of hydrogen-bond acceptors (Lipinski definition) is 6. The molecule has 0 saturated carbocycles. The fraction of sp³-hybridized carbons (Fsp3) is 0.720. The zero-order valence-electron chi connectivity index (χ0n) is 22.4. The summed E-state index contributed by atoms with van der Waals surface area (Å²) in [5.74, 6) is -1.71. The molecule has 32 heavy (non-hydrogen) atoms. The number of carbonyl (C=O) groups is 3. The fourth-order valence-electron chi connectivity index (χ4n) is 3.25.